The average molecular weight is 241 g/mol. The maximum atomic E-state index is 11.7. The Morgan fingerprint density at radius 3 is 2.59 bits per heavy atom. The van der Waals surface area contributed by atoms with Gasteiger partial charge in [0.1, 0.15) is 6.61 Å². The molecule has 0 aromatic carbocycles. The topological polar surface area (TPSA) is 65.0 Å². The largest absolute Gasteiger partial charge is 0.463 e. The molecule has 0 radical (unpaired) electrons. The lowest BCUT2D eigenvalue weighted by Crippen LogP contribution is -2.44. The summed E-state index contributed by atoms with van der Waals surface area (Å²) in [5.74, 6) is -0.178. The van der Waals surface area contributed by atoms with E-state index in [-0.39, 0.29) is 11.3 Å². The van der Waals surface area contributed by atoms with Crippen molar-refractivity contribution >= 4 is 12.0 Å². The second kappa shape index (κ2) is 5.94. The third-order valence-corrected chi connectivity index (χ3v) is 2.64. The molecule has 0 bridgehead atoms. The van der Waals surface area contributed by atoms with Crippen LogP contribution < -0.4 is 0 Å². The van der Waals surface area contributed by atoms with Gasteiger partial charge in [-0.15, -0.1) is 0 Å². The number of isocyanates is 1. The molecule has 1 unspecified atom stereocenters. The standard InChI is InChI=1S/C12H19NO4/c1-9(2)4-10(13-8-14)11(15)17-7-12(3)5-16-6-12/h9-10H,4-7H2,1-3H3. The van der Waals surface area contributed by atoms with E-state index in [1.54, 1.807) is 0 Å². The van der Waals surface area contributed by atoms with Crippen molar-refractivity contribution < 1.29 is 19.1 Å². The monoisotopic (exact) mass is 241 g/mol. The lowest BCUT2D eigenvalue weighted by atomic mass is 9.90. The summed E-state index contributed by atoms with van der Waals surface area (Å²) in [5.41, 5.74) is -0.0804. The van der Waals surface area contributed by atoms with Crippen LogP contribution in [0.2, 0.25) is 0 Å². The number of hydrogen-bond acceptors (Lipinski definition) is 5. The molecule has 0 N–H and O–H groups in total. The molecule has 0 amide bonds. The van der Waals surface area contributed by atoms with Gasteiger partial charge in [-0.25, -0.2) is 9.59 Å². The Bertz CT molecular complexity index is 316. The van der Waals surface area contributed by atoms with Crippen molar-refractivity contribution in [2.75, 3.05) is 19.8 Å². The summed E-state index contributed by atoms with van der Waals surface area (Å²) >= 11 is 0. The molecule has 0 aromatic heterocycles. The Balaban J connectivity index is 2.44. The van der Waals surface area contributed by atoms with E-state index >= 15 is 0 Å². The Labute approximate surface area is 101 Å². The molecule has 1 aliphatic rings. The third kappa shape index (κ3) is 4.29. The highest BCUT2D eigenvalue weighted by atomic mass is 16.5. The number of hydrogen-bond donors (Lipinski definition) is 0. The first-order valence-electron chi connectivity index (χ1n) is 5.78. The number of rotatable bonds is 6. The molecule has 1 saturated heterocycles. The van der Waals surface area contributed by atoms with Crippen LogP contribution >= 0.6 is 0 Å². The van der Waals surface area contributed by atoms with Crippen molar-refractivity contribution in [1.29, 1.82) is 0 Å². The van der Waals surface area contributed by atoms with Gasteiger partial charge in [-0.05, 0) is 12.3 Å². The van der Waals surface area contributed by atoms with E-state index in [0.29, 0.717) is 26.2 Å². The second-order valence-corrected chi connectivity index (χ2v) is 5.28. The first-order chi connectivity index (χ1) is 7.97. The van der Waals surface area contributed by atoms with E-state index in [2.05, 4.69) is 4.99 Å². The van der Waals surface area contributed by atoms with Crippen LogP contribution in [-0.2, 0) is 19.1 Å². The number of ether oxygens (including phenoxy) is 2. The van der Waals surface area contributed by atoms with Crippen LogP contribution in [0.1, 0.15) is 27.2 Å². The normalized spacial score (nSPS) is 19.1. The molecule has 1 heterocycles. The molecule has 5 heteroatoms. The maximum absolute atomic E-state index is 11.7. The molecule has 1 rings (SSSR count). The summed E-state index contributed by atoms with van der Waals surface area (Å²) in [5, 5.41) is 0. The van der Waals surface area contributed by atoms with E-state index in [4.69, 9.17) is 9.47 Å². The third-order valence-electron chi connectivity index (χ3n) is 2.64. The van der Waals surface area contributed by atoms with Gasteiger partial charge in [-0.1, -0.05) is 20.8 Å². The molecule has 1 aliphatic heterocycles. The lowest BCUT2D eigenvalue weighted by molar-refractivity contribution is -0.166. The minimum Gasteiger partial charge on any atom is -0.463 e. The summed E-state index contributed by atoms with van der Waals surface area (Å²) in [4.78, 5) is 25.5. The second-order valence-electron chi connectivity index (χ2n) is 5.28. The first-order valence-corrected chi connectivity index (χ1v) is 5.78. The summed E-state index contributed by atoms with van der Waals surface area (Å²) < 4.78 is 10.2. The number of aliphatic imine (C=N–C) groups is 1. The van der Waals surface area contributed by atoms with Crippen molar-refractivity contribution in [1.82, 2.24) is 0 Å². The molecule has 0 spiro atoms. The average Bonchev–Trinajstić information content (AvgIpc) is 2.22. The van der Waals surface area contributed by atoms with E-state index in [1.807, 2.05) is 20.8 Å². The molecule has 1 atom stereocenters. The highest BCUT2D eigenvalue weighted by molar-refractivity contribution is 5.76. The molecule has 17 heavy (non-hydrogen) atoms. The molecular weight excluding hydrogens is 222 g/mol. The molecule has 0 aliphatic carbocycles. The van der Waals surface area contributed by atoms with Gasteiger partial charge < -0.3 is 9.47 Å². The minimum absolute atomic E-state index is 0.0804. The van der Waals surface area contributed by atoms with Crippen LogP contribution in [0, 0.1) is 11.3 Å². The van der Waals surface area contributed by atoms with Crippen LogP contribution in [0.25, 0.3) is 0 Å². The van der Waals surface area contributed by atoms with Gasteiger partial charge in [0.25, 0.3) is 0 Å². The Morgan fingerprint density at radius 2 is 2.18 bits per heavy atom. The quantitative estimate of drug-likeness (QED) is 0.399. The molecule has 5 nitrogen and oxygen atoms in total. The van der Waals surface area contributed by atoms with E-state index in [1.165, 1.54) is 6.08 Å². The fourth-order valence-corrected chi connectivity index (χ4v) is 1.59. The van der Waals surface area contributed by atoms with Gasteiger partial charge in [-0.2, -0.15) is 4.99 Å². The highest BCUT2D eigenvalue weighted by Crippen LogP contribution is 2.26. The van der Waals surface area contributed by atoms with Crippen molar-refractivity contribution in [2.24, 2.45) is 16.3 Å². The first kappa shape index (κ1) is 13.9. The van der Waals surface area contributed by atoms with Crippen molar-refractivity contribution in [3.05, 3.63) is 0 Å². The lowest BCUT2D eigenvalue weighted by Gasteiger charge is -2.37. The van der Waals surface area contributed by atoms with Gasteiger partial charge in [0, 0.05) is 5.41 Å². The SMILES string of the molecule is CC(C)CC(N=C=O)C(=O)OCC1(C)COC1. The van der Waals surface area contributed by atoms with Gasteiger partial charge in [0.15, 0.2) is 6.04 Å². The molecule has 0 aromatic rings. The van der Waals surface area contributed by atoms with Gasteiger partial charge in [-0.3, -0.25) is 0 Å². The maximum Gasteiger partial charge on any atom is 0.331 e. The van der Waals surface area contributed by atoms with Crippen LogP contribution in [0.3, 0.4) is 0 Å². The van der Waals surface area contributed by atoms with E-state index in [9.17, 15) is 9.59 Å². The molecule has 1 fully saturated rings. The molecule has 0 saturated carbocycles. The van der Waals surface area contributed by atoms with Crippen molar-refractivity contribution in [3.63, 3.8) is 0 Å². The predicted octanol–water partition coefficient (Wildman–Crippen LogP) is 1.32. The summed E-state index contributed by atoms with van der Waals surface area (Å²) in [6.07, 6.45) is 1.93. The molecular formula is C12H19NO4. The zero-order valence-electron chi connectivity index (χ0n) is 10.6. The number of nitrogens with zero attached hydrogens (tertiary/aromatic N) is 1. The Hall–Kier alpha value is -1.19. The fraction of sp³-hybridized carbons (Fsp3) is 0.833. The Morgan fingerprint density at radius 1 is 1.53 bits per heavy atom. The van der Waals surface area contributed by atoms with Crippen LogP contribution in [0.4, 0.5) is 0 Å². The van der Waals surface area contributed by atoms with Crippen molar-refractivity contribution in [2.45, 2.75) is 33.2 Å². The summed E-state index contributed by atoms with van der Waals surface area (Å²) in [6, 6.07) is -0.725. The van der Waals surface area contributed by atoms with Gasteiger partial charge >= 0.3 is 5.97 Å². The van der Waals surface area contributed by atoms with Gasteiger partial charge in [0.05, 0.1) is 13.2 Å². The highest BCUT2D eigenvalue weighted by Gasteiger charge is 2.35. The fourth-order valence-electron chi connectivity index (χ4n) is 1.59. The van der Waals surface area contributed by atoms with Crippen LogP contribution in [-0.4, -0.2) is 37.9 Å². The number of carbonyl (C=O) groups excluding carboxylic acids is 2. The van der Waals surface area contributed by atoms with E-state index in [0.717, 1.165) is 0 Å². The zero-order valence-corrected chi connectivity index (χ0v) is 10.6. The zero-order chi connectivity index (χ0) is 12.9. The predicted molar refractivity (Wildman–Crippen MR) is 61.2 cm³/mol. The number of esters is 1. The molecule has 96 valence electrons. The summed E-state index contributed by atoms with van der Waals surface area (Å²) in [6.45, 7) is 7.43. The smallest absolute Gasteiger partial charge is 0.331 e. The summed E-state index contributed by atoms with van der Waals surface area (Å²) in [7, 11) is 0. The Kier molecular flexibility index (Phi) is 4.85. The van der Waals surface area contributed by atoms with E-state index < -0.39 is 12.0 Å². The minimum atomic E-state index is -0.725. The van der Waals surface area contributed by atoms with Crippen LogP contribution in [0.5, 0.6) is 0 Å². The van der Waals surface area contributed by atoms with Gasteiger partial charge in [0.2, 0.25) is 6.08 Å². The number of carbonyl (C=O) groups is 1. The van der Waals surface area contributed by atoms with Crippen LogP contribution in [0.15, 0.2) is 4.99 Å². The van der Waals surface area contributed by atoms with Crippen molar-refractivity contribution in [3.8, 4) is 0 Å².